The van der Waals surface area contributed by atoms with Gasteiger partial charge in [0, 0.05) is 5.02 Å². The molecule has 6 nitrogen and oxygen atoms in total. The molecule has 0 fully saturated rings. The molecular weight excluding hydrogens is 440 g/mol. The summed E-state index contributed by atoms with van der Waals surface area (Å²) in [4.78, 5) is 13.5. The maximum Gasteiger partial charge on any atom is 0.300 e. The molecule has 0 radical (unpaired) electrons. The molecule has 0 spiro atoms. The van der Waals surface area contributed by atoms with Crippen LogP contribution in [0.4, 0.5) is 0 Å². The summed E-state index contributed by atoms with van der Waals surface area (Å²) in [7, 11) is 0. The van der Waals surface area contributed by atoms with Crippen LogP contribution in [0, 0.1) is 11.3 Å². The minimum absolute atomic E-state index is 0.00590. The summed E-state index contributed by atoms with van der Waals surface area (Å²) >= 11 is 5.95. The van der Waals surface area contributed by atoms with E-state index < -0.39 is 5.92 Å². The number of hydrogen-bond donors (Lipinski definition) is 1. The summed E-state index contributed by atoms with van der Waals surface area (Å²) in [5.41, 5.74) is 8.07. The second-order valence-corrected chi connectivity index (χ2v) is 7.93. The van der Waals surface area contributed by atoms with Gasteiger partial charge in [-0.1, -0.05) is 48.0 Å². The molecule has 0 saturated heterocycles. The number of rotatable bonds is 4. The molecule has 0 unspecified atom stereocenters. The van der Waals surface area contributed by atoms with Crippen LogP contribution in [0.25, 0.3) is 11.0 Å². The van der Waals surface area contributed by atoms with Crippen molar-refractivity contribution < 1.29 is 13.9 Å². The highest BCUT2D eigenvalue weighted by Crippen LogP contribution is 2.42. The zero-order valence-electron chi connectivity index (χ0n) is 17.2. The minimum Gasteiger partial charge on any atom is -0.489 e. The zero-order chi connectivity index (χ0) is 22.9. The fraction of sp³-hybridized carbons (Fsp3) is 0.0769. The largest absolute Gasteiger partial charge is 0.489 e. The lowest BCUT2D eigenvalue weighted by Crippen LogP contribution is -2.27. The predicted octanol–water partition coefficient (Wildman–Crippen LogP) is 5.24. The maximum absolute atomic E-state index is 13.5. The van der Waals surface area contributed by atoms with E-state index in [0.29, 0.717) is 27.3 Å². The molecule has 1 atom stereocenters. The van der Waals surface area contributed by atoms with Gasteiger partial charge in [0.15, 0.2) is 0 Å². The first kappa shape index (κ1) is 20.7. The average molecular weight is 457 g/mol. The van der Waals surface area contributed by atoms with E-state index in [1.807, 2.05) is 24.3 Å². The van der Waals surface area contributed by atoms with Gasteiger partial charge in [-0.15, -0.1) is 0 Å². The van der Waals surface area contributed by atoms with Crippen LogP contribution in [-0.2, 0) is 6.61 Å². The lowest BCUT2D eigenvalue weighted by Gasteiger charge is -2.26. The molecule has 2 N–H and O–H groups in total. The number of allylic oxidation sites excluding steroid dienone is 1. The first-order chi connectivity index (χ1) is 16.1. The lowest BCUT2D eigenvalue weighted by atomic mass is 9.82. The Morgan fingerprint density at radius 3 is 2.55 bits per heavy atom. The van der Waals surface area contributed by atoms with Gasteiger partial charge in [0.25, 0.3) is 5.95 Å². The smallest absolute Gasteiger partial charge is 0.300 e. The molecular formula is C26H17ClN2O4. The van der Waals surface area contributed by atoms with E-state index in [2.05, 4.69) is 6.07 Å². The third kappa shape index (κ3) is 3.69. The molecule has 0 aliphatic carbocycles. The van der Waals surface area contributed by atoms with Crippen LogP contribution < -0.4 is 20.6 Å². The van der Waals surface area contributed by atoms with Crippen molar-refractivity contribution >= 4 is 22.6 Å². The number of halogens is 1. The average Bonchev–Trinajstić information content (AvgIpc) is 2.83. The Morgan fingerprint density at radius 1 is 1.03 bits per heavy atom. The van der Waals surface area contributed by atoms with Crippen LogP contribution in [-0.4, -0.2) is 0 Å². The van der Waals surface area contributed by atoms with Crippen LogP contribution in [0.1, 0.15) is 22.6 Å². The van der Waals surface area contributed by atoms with Gasteiger partial charge in [-0.3, -0.25) is 4.79 Å². The Morgan fingerprint density at radius 2 is 1.76 bits per heavy atom. The van der Waals surface area contributed by atoms with Crippen molar-refractivity contribution in [2.24, 2.45) is 5.73 Å². The number of nitrogens with two attached hydrogens (primary N) is 1. The van der Waals surface area contributed by atoms with E-state index in [1.165, 1.54) is 0 Å². The van der Waals surface area contributed by atoms with Gasteiger partial charge in [-0.2, -0.15) is 5.26 Å². The first-order valence-corrected chi connectivity index (χ1v) is 10.5. The molecule has 1 aromatic heterocycles. The number of nitriles is 1. The Bertz CT molecular complexity index is 1500. The SMILES string of the molecule is N#CC1=C(N)Oc2oc3ccccc3c(=O)c2[C@@H]1c1ccccc1COc1ccc(Cl)cc1. The van der Waals surface area contributed by atoms with Crippen LogP contribution in [0.15, 0.2) is 93.5 Å². The van der Waals surface area contributed by atoms with Crippen molar-refractivity contribution in [2.45, 2.75) is 12.5 Å². The van der Waals surface area contributed by atoms with E-state index in [1.54, 1.807) is 48.5 Å². The van der Waals surface area contributed by atoms with Crippen molar-refractivity contribution in [1.82, 2.24) is 0 Å². The molecule has 0 saturated carbocycles. The summed E-state index contributed by atoms with van der Waals surface area (Å²) < 4.78 is 17.4. The van der Waals surface area contributed by atoms with Crippen LogP contribution in [0.2, 0.25) is 5.02 Å². The number of para-hydroxylation sites is 1. The predicted molar refractivity (Wildman–Crippen MR) is 124 cm³/mol. The second kappa shape index (κ2) is 8.38. The van der Waals surface area contributed by atoms with Crippen LogP contribution >= 0.6 is 11.6 Å². The van der Waals surface area contributed by atoms with Gasteiger partial charge in [0.1, 0.15) is 29.6 Å². The summed E-state index contributed by atoms with van der Waals surface area (Å²) in [6.07, 6.45) is 0. The summed E-state index contributed by atoms with van der Waals surface area (Å²) in [5, 5.41) is 10.9. The highest BCUT2D eigenvalue weighted by atomic mass is 35.5. The molecule has 7 heteroatoms. The Hall–Kier alpha value is -4.21. The Labute approximate surface area is 194 Å². The number of nitrogens with zero attached hydrogens (tertiary/aromatic N) is 1. The Kier molecular flexibility index (Phi) is 5.25. The first-order valence-electron chi connectivity index (χ1n) is 10.2. The lowest BCUT2D eigenvalue weighted by molar-refractivity contribution is 0.292. The number of ether oxygens (including phenoxy) is 2. The van der Waals surface area contributed by atoms with Gasteiger partial charge < -0.3 is 19.6 Å². The molecule has 2 heterocycles. The molecule has 1 aliphatic heterocycles. The molecule has 33 heavy (non-hydrogen) atoms. The zero-order valence-corrected chi connectivity index (χ0v) is 18.0. The summed E-state index contributed by atoms with van der Waals surface area (Å²) in [6.45, 7) is 0.210. The van der Waals surface area contributed by atoms with Crippen molar-refractivity contribution in [2.75, 3.05) is 0 Å². The molecule has 0 amide bonds. The van der Waals surface area contributed by atoms with Gasteiger partial charge in [0.05, 0.1) is 16.9 Å². The Balaban J connectivity index is 1.65. The van der Waals surface area contributed by atoms with Gasteiger partial charge in [0.2, 0.25) is 11.3 Å². The van der Waals surface area contributed by atoms with E-state index in [9.17, 15) is 10.1 Å². The monoisotopic (exact) mass is 456 g/mol. The summed E-state index contributed by atoms with van der Waals surface area (Å²) in [5.74, 6) is -0.220. The highest BCUT2D eigenvalue weighted by molar-refractivity contribution is 6.30. The molecule has 1 aliphatic rings. The maximum atomic E-state index is 13.5. The van der Waals surface area contributed by atoms with E-state index >= 15 is 0 Å². The van der Waals surface area contributed by atoms with Gasteiger partial charge >= 0.3 is 0 Å². The van der Waals surface area contributed by atoms with E-state index in [4.69, 9.17) is 31.2 Å². The topological polar surface area (TPSA) is 98.5 Å². The molecule has 3 aromatic carbocycles. The van der Waals surface area contributed by atoms with Crippen molar-refractivity contribution in [3.8, 4) is 17.8 Å². The van der Waals surface area contributed by atoms with Crippen LogP contribution in [0.3, 0.4) is 0 Å². The third-order valence-electron chi connectivity index (χ3n) is 5.54. The van der Waals surface area contributed by atoms with E-state index in [0.717, 1.165) is 5.56 Å². The number of benzene rings is 3. The van der Waals surface area contributed by atoms with Crippen LogP contribution in [0.5, 0.6) is 11.7 Å². The number of fused-ring (bicyclic) bond motifs is 2. The van der Waals surface area contributed by atoms with E-state index in [-0.39, 0.29) is 35.0 Å². The highest BCUT2D eigenvalue weighted by Gasteiger charge is 2.36. The fourth-order valence-corrected chi connectivity index (χ4v) is 4.10. The second-order valence-electron chi connectivity index (χ2n) is 7.49. The van der Waals surface area contributed by atoms with Crippen molar-refractivity contribution in [3.63, 3.8) is 0 Å². The molecule has 5 rings (SSSR count). The summed E-state index contributed by atoms with van der Waals surface area (Å²) in [6, 6.07) is 23.5. The standard InChI is InChI=1S/C26H17ClN2O4/c27-16-9-11-17(12-10-16)31-14-15-5-1-2-6-18(15)22-20(13-28)25(29)33-26-23(22)24(30)19-7-3-4-8-21(19)32-26/h1-12,22H,14,29H2/t22-/m1/s1. The molecule has 0 bridgehead atoms. The van der Waals surface area contributed by atoms with Crippen molar-refractivity contribution in [1.29, 1.82) is 5.26 Å². The minimum atomic E-state index is -0.760. The van der Waals surface area contributed by atoms with Gasteiger partial charge in [-0.05, 0) is 47.5 Å². The van der Waals surface area contributed by atoms with Crippen molar-refractivity contribution in [3.05, 3.63) is 116 Å². The molecule has 162 valence electrons. The number of hydrogen-bond acceptors (Lipinski definition) is 6. The fourth-order valence-electron chi connectivity index (χ4n) is 3.97. The van der Waals surface area contributed by atoms with Gasteiger partial charge in [-0.25, -0.2) is 0 Å². The normalized spacial score (nSPS) is 15.0. The quantitative estimate of drug-likeness (QED) is 0.450. The third-order valence-corrected chi connectivity index (χ3v) is 5.79. The molecule has 4 aromatic rings.